The van der Waals surface area contributed by atoms with Crippen molar-refractivity contribution in [2.75, 3.05) is 25.5 Å². The van der Waals surface area contributed by atoms with E-state index in [1.807, 2.05) is 17.8 Å². The van der Waals surface area contributed by atoms with Crippen LogP contribution < -0.4 is 5.32 Å². The molecule has 2 aliphatic heterocycles. The van der Waals surface area contributed by atoms with Crippen LogP contribution in [0.15, 0.2) is 23.1 Å². The van der Waals surface area contributed by atoms with E-state index in [1.165, 1.54) is 4.90 Å². The van der Waals surface area contributed by atoms with E-state index in [0.717, 1.165) is 37.5 Å². The van der Waals surface area contributed by atoms with E-state index in [0.29, 0.717) is 0 Å². The lowest BCUT2D eigenvalue weighted by atomic mass is 9.88. The van der Waals surface area contributed by atoms with E-state index >= 15 is 0 Å². The molecule has 1 aromatic rings. The number of ether oxygens (including phenoxy) is 1. The zero-order valence-corrected chi connectivity index (χ0v) is 11.4. The quantitative estimate of drug-likeness (QED) is 0.909. The van der Waals surface area contributed by atoms with Crippen LogP contribution in [0.1, 0.15) is 24.9 Å². The molecule has 2 heterocycles. The SMILES string of the molecule is CC1(CNC2CCSc3ccc(F)cc32)COC1. The highest BCUT2D eigenvalue weighted by molar-refractivity contribution is 7.99. The number of thioether (sulfide) groups is 1. The van der Waals surface area contributed by atoms with E-state index in [2.05, 4.69) is 12.2 Å². The molecule has 4 heteroatoms. The molecule has 1 fully saturated rings. The normalized spacial score (nSPS) is 25.3. The maximum absolute atomic E-state index is 13.4. The first-order valence-corrected chi connectivity index (χ1v) is 7.38. The Morgan fingerprint density at radius 2 is 2.33 bits per heavy atom. The Hall–Kier alpha value is -0.580. The molecule has 0 radical (unpaired) electrons. The number of benzene rings is 1. The van der Waals surface area contributed by atoms with Gasteiger partial charge in [0.05, 0.1) is 13.2 Å². The summed E-state index contributed by atoms with van der Waals surface area (Å²) in [6, 6.07) is 5.42. The summed E-state index contributed by atoms with van der Waals surface area (Å²) in [6.45, 7) is 4.83. The minimum absolute atomic E-state index is 0.138. The fourth-order valence-corrected chi connectivity index (χ4v) is 3.61. The number of nitrogens with one attached hydrogen (secondary N) is 1. The summed E-state index contributed by atoms with van der Waals surface area (Å²) in [6.07, 6.45) is 1.07. The lowest BCUT2D eigenvalue weighted by molar-refractivity contribution is -0.100. The summed E-state index contributed by atoms with van der Waals surface area (Å²) < 4.78 is 18.6. The van der Waals surface area contributed by atoms with Crippen LogP contribution in [0, 0.1) is 11.2 Å². The Balaban J connectivity index is 1.72. The van der Waals surface area contributed by atoms with Crippen LogP contribution in [-0.2, 0) is 4.74 Å². The summed E-state index contributed by atoms with van der Waals surface area (Å²) >= 11 is 1.82. The standard InChI is InChI=1S/C14H18FNOS/c1-14(8-17-9-14)7-16-12-4-5-18-13-3-2-10(15)6-11(12)13/h2-3,6,12,16H,4-5,7-9H2,1H3. The van der Waals surface area contributed by atoms with Crippen molar-refractivity contribution in [1.82, 2.24) is 5.32 Å². The highest BCUT2D eigenvalue weighted by Gasteiger charge is 2.34. The van der Waals surface area contributed by atoms with Crippen LogP contribution in [0.2, 0.25) is 0 Å². The Bertz CT molecular complexity index is 447. The topological polar surface area (TPSA) is 21.3 Å². The molecular formula is C14H18FNOS. The van der Waals surface area contributed by atoms with Gasteiger partial charge in [0.15, 0.2) is 0 Å². The first-order valence-electron chi connectivity index (χ1n) is 6.40. The fraction of sp³-hybridized carbons (Fsp3) is 0.571. The van der Waals surface area contributed by atoms with Gasteiger partial charge in [0.1, 0.15) is 5.82 Å². The maximum Gasteiger partial charge on any atom is 0.123 e. The minimum atomic E-state index is -0.138. The molecule has 1 N–H and O–H groups in total. The second kappa shape index (κ2) is 4.83. The number of fused-ring (bicyclic) bond motifs is 1. The third-order valence-electron chi connectivity index (χ3n) is 3.69. The van der Waals surface area contributed by atoms with Crippen molar-refractivity contribution in [3.63, 3.8) is 0 Å². The second-order valence-corrected chi connectivity index (χ2v) is 6.69. The maximum atomic E-state index is 13.4. The van der Waals surface area contributed by atoms with E-state index in [-0.39, 0.29) is 17.3 Å². The van der Waals surface area contributed by atoms with Crippen molar-refractivity contribution < 1.29 is 9.13 Å². The van der Waals surface area contributed by atoms with E-state index < -0.39 is 0 Å². The highest BCUT2D eigenvalue weighted by atomic mass is 32.2. The minimum Gasteiger partial charge on any atom is -0.380 e. The van der Waals surface area contributed by atoms with E-state index in [9.17, 15) is 4.39 Å². The van der Waals surface area contributed by atoms with Crippen LogP contribution in [-0.4, -0.2) is 25.5 Å². The fourth-order valence-electron chi connectivity index (χ4n) is 2.50. The van der Waals surface area contributed by atoms with Gasteiger partial charge in [-0.15, -0.1) is 11.8 Å². The van der Waals surface area contributed by atoms with Crippen LogP contribution in [0.25, 0.3) is 0 Å². The van der Waals surface area contributed by atoms with Crippen molar-refractivity contribution in [2.24, 2.45) is 5.41 Å². The molecule has 0 spiro atoms. The van der Waals surface area contributed by atoms with Crippen LogP contribution >= 0.6 is 11.8 Å². The molecule has 0 aromatic heterocycles. The second-order valence-electron chi connectivity index (χ2n) is 5.56. The van der Waals surface area contributed by atoms with Gasteiger partial charge in [-0.05, 0) is 35.9 Å². The van der Waals surface area contributed by atoms with Gasteiger partial charge in [0.2, 0.25) is 0 Å². The average Bonchev–Trinajstić information content (AvgIpc) is 2.34. The van der Waals surface area contributed by atoms with Gasteiger partial charge < -0.3 is 10.1 Å². The Morgan fingerprint density at radius 1 is 1.50 bits per heavy atom. The van der Waals surface area contributed by atoms with Crippen molar-refractivity contribution in [1.29, 1.82) is 0 Å². The molecule has 1 saturated heterocycles. The highest BCUT2D eigenvalue weighted by Crippen LogP contribution is 2.37. The van der Waals surface area contributed by atoms with Crippen molar-refractivity contribution in [3.8, 4) is 0 Å². The van der Waals surface area contributed by atoms with Crippen LogP contribution in [0.3, 0.4) is 0 Å². The Morgan fingerprint density at radius 3 is 3.06 bits per heavy atom. The summed E-state index contributed by atoms with van der Waals surface area (Å²) in [5.41, 5.74) is 1.38. The molecular weight excluding hydrogens is 249 g/mol. The third kappa shape index (κ3) is 2.42. The summed E-state index contributed by atoms with van der Waals surface area (Å²) in [5.74, 6) is 0.963. The lowest BCUT2D eigenvalue weighted by Crippen LogP contribution is -2.48. The van der Waals surface area contributed by atoms with Crippen molar-refractivity contribution in [3.05, 3.63) is 29.6 Å². The number of hydrogen-bond acceptors (Lipinski definition) is 3. The Kier molecular flexibility index (Phi) is 3.34. The van der Waals surface area contributed by atoms with Crippen LogP contribution in [0.5, 0.6) is 0 Å². The van der Waals surface area contributed by atoms with E-state index in [1.54, 1.807) is 12.1 Å². The predicted molar refractivity (Wildman–Crippen MR) is 71.4 cm³/mol. The summed E-state index contributed by atoms with van der Waals surface area (Å²) in [7, 11) is 0. The molecule has 0 aliphatic carbocycles. The smallest absolute Gasteiger partial charge is 0.123 e. The molecule has 3 rings (SSSR count). The molecule has 98 valence electrons. The average molecular weight is 267 g/mol. The zero-order chi connectivity index (χ0) is 12.6. The summed E-state index contributed by atoms with van der Waals surface area (Å²) in [5, 5.41) is 3.59. The number of halogens is 1. The Labute approximate surface area is 111 Å². The van der Waals surface area contributed by atoms with Gasteiger partial charge in [-0.3, -0.25) is 0 Å². The number of hydrogen-bond donors (Lipinski definition) is 1. The molecule has 18 heavy (non-hydrogen) atoms. The summed E-state index contributed by atoms with van der Waals surface area (Å²) in [4.78, 5) is 1.22. The molecule has 0 bridgehead atoms. The lowest BCUT2D eigenvalue weighted by Gasteiger charge is -2.40. The van der Waals surface area contributed by atoms with E-state index in [4.69, 9.17) is 4.74 Å². The van der Waals surface area contributed by atoms with Gasteiger partial charge in [0.25, 0.3) is 0 Å². The zero-order valence-electron chi connectivity index (χ0n) is 10.5. The van der Waals surface area contributed by atoms with Gasteiger partial charge in [0, 0.05) is 22.9 Å². The predicted octanol–water partition coefficient (Wildman–Crippen LogP) is 2.99. The first kappa shape index (κ1) is 12.5. The largest absolute Gasteiger partial charge is 0.380 e. The van der Waals surface area contributed by atoms with Crippen molar-refractivity contribution in [2.45, 2.75) is 24.3 Å². The van der Waals surface area contributed by atoms with Gasteiger partial charge in [-0.1, -0.05) is 6.92 Å². The molecule has 1 unspecified atom stereocenters. The number of rotatable bonds is 3. The molecule has 0 saturated carbocycles. The first-order chi connectivity index (χ1) is 8.66. The van der Waals surface area contributed by atoms with Crippen LogP contribution in [0.4, 0.5) is 4.39 Å². The molecule has 2 aliphatic rings. The monoisotopic (exact) mass is 267 g/mol. The molecule has 0 amide bonds. The van der Waals surface area contributed by atoms with Gasteiger partial charge >= 0.3 is 0 Å². The molecule has 1 atom stereocenters. The van der Waals surface area contributed by atoms with Gasteiger partial charge in [-0.2, -0.15) is 0 Å². The third-order valence-corrected chi connectivity index (χ3v) is 4.81. The van der Waals surface area contributed by atoms with Crippen molar-refractivity contribution >= 4 is 11.8 Å². The molecule has 2 nitrogen and oxygen atoms in total. The molecule has 1 aromatic carbocycles. The van der Waals surface area contributed by atoms with Gasteiger partial charge in [-0.25, -0.2) is 4.39 Å².